The first-order chi connectivity index (χ1) is 15.6. The number of piperidine rings is 1. The Kier molecular flexibility index (Phi) is 5.40. The predicted octanol–water partition coefficient (Wildman–Crippen LogP) is 3.73. The molecular weight excluding hydrogens is 424 g/mol. The van der Waals surface area contributed by atoms with Crippen molar-refractivity contribution in [3.63, 3.8) is 0 Å². The van der Waals surface area contributed by atoms with Crippen molar-refractivity contribution in [2.24, 2.45) is 0 Å². The highest BCUT2D eigenvalue weighted by Crippen LogP contribution is 2.31. The Labute approximate surface area is 188 Å². The Morgan fingerprint density at radius 1 is 1.09 bits per heavy atom. The number of thiazole rings is 1. The number of anilines is 1. The van der Waals surface area contributed by atoms with E-state index in [2.05, 4.69) is 25.5 Å². The van der Waals surface area contributed by atoms with E-state index in [1.165, 1.54) is 0 Å². The summed E-state index contributed by atoms with van der Waals surface area (Å²) in [6.07, 6.45) is 1.48. The van der Waals surface area contributed by atoms with E-state index < -0.39 is 11.8 Å². The Hall–Kier alpha value is -3.59. The summed E-state index contributed by atoms with van der Waals surface area (Å²) in [5.74, 6) is 0.632. The Bertz CT molecular complexity index is 1260. The van der Waals surface area contributed by atoms with Crippen LogP contribution in [0.1, 0.15) is 30.4 Å². The van der Waals surface area contributed by atoms with Crippen LogP contribution in [0.15, 0.2) is 48.5 Å². The summed E-state index contributed by atoms with van der Waals surface area (Å²) < 4.78 is 1.11. The zero-order chi connectivity index (χ0) is 22.1. The molecule has 1 saturated heterocycles. The van der Waals surface area contributed by atoms with E-state index in [1.54, 1.807) is 22.3 Å². The molecule has 0 bridgehead atoms. The minimum Gasteiger partial charge on any atom is -0.334 e. The number of aromatic nitrogens is 4. The first kappa shape index (κ1) is 20.3. The van der Waals surface area contributed by atoms with E-state index in [1.807, 2.05) is 49.4 Å². The van der Waals surface area contributed by atoms with Gasteiger partial charge in [0, 0.05) is 30.3 Å². The topological polar surface area (TPSA) is 104 Å². The summed E-state index contributed by atoms with van der Waals surface area (Å²) in [6, 6.07) is 15.4. The highest BCUT2D eigenvalue weighted by molar-refractivity contribution is 7.21. The maximum absolute atomic E-state index is 12.7. The molecule has 4 aromatic rings. The van der Waals surface area contributed by atoms with Crippen LogP contribution in [-0.4, -0.2) is 50.0 Å². The summed E-state index contributed by atoms with van der Waals surface area (Å²) in [5, 5.41) is 10.7. The molecule has 32 heavy (non-hydrogen) atoms. The van der Waals surface area contributed by atoms with Gasteiger partial charge in [-0.25, -0.2) is 9.97 Å². The van der Waals surface area contributed by atoms with E-state index in [0.29, 0.717) is 18.8 Å². The molecule has 3 heterocycles. The van der Waals surface area contributed by atoms with Gasteiger partial charge in [-0.05, 0) is 44.0 Å². The normalized spacial score (nSPS) is 14.6. The predicted molar refractivity (Wildman–Crippen MR) is 123 cm³/mol. The SMILES string of the molecule is Cc1nc(C2CCN(C(=O)C(=O)Nc3cccc(-c4nc5ccccc5s4)c3)CC2)n[nH]1. The van der Waals surface area contributed by atoms with Crippen LogP contribution in [0.4, 0.5) is 5.69 Å². The smallest absolute Gasteiger partial charge is 0.313 e. The minimum atomic E-state index is -0.626. The number of nitrogens with one attached hydrogen (secondary N) is 2. The minimum absolute atomic E-state index is 0.206. The number of aryl methyl sites for hydroxylation is 1. The molecule has 0 saturated carbocycles. The molecule has 1 aliphatic rings. The second-order valence-electron chi connectivity index (χ2n) is 7.87. The Morgan fingerprint density at radius 3 is 2.66 bits per heavy atom. The van der Waals surface area contributed by atoms with E-state index in [4.69, 9.17) is 0 Å². The summed E-state index contributed by atoms with van der Waals surface area (Å²) in [4.78, 5) is 36.0. The molecule has 0 spiro atoms. The average molecular weight is 447 g/mol. The number of H-pyrrole nitrogens is 1. The Morgan fingerprint density at radius 2 is 1.91 bits per heavy atom. The van der Waals surface area contributed by atoms with E-state index in [0.717, 1.165) is 45.3 Å². The number of likely N-dealkylation sites (tertiary alicyclic amines) is 1. The maximum Gasteiger partial charge on any atom is 0.313 e. The molecule has 2 aromatic heterocycles. The first-order valence-electron chi connectivity index (χ1n) is 10.5. The van der Waals surface area contributed by atoms with Crippen molar-refractivity contribution in [3.05, 3.63) is 60.2 Å². The van der Waals surface area contributed by atoms with Crippen LogP contribution in [0.25, 0.3) is 20.8 Å². The molecule has 0 atom stereocenters. The zero-order valence-electron chi connectivity index (χ0n) is 17.5. The number of amides is 2. The molecule has 0 radical (unpaired) electrons. The van der Waals surface area contributed by atoms with Crippen LogP contribution in [0.5, 0.6) is 0 Å². The molecule has 5 rings (SSSR count). The number of rotatable bonds is 3. The lowest BCUT2D eigenvalue weighted by Gasteiger charge is -2.30. The molecule has 0 aliphatic carbocycles. The summed E-state index contributed by atoms with van der Waals surface area (Å²) in [7, 11) is 0. The third-order valence-electron chi connectivity index (χ3n) is 5.62. The quantitative estimate of drug-likeness (QED) is 0.467. The number of aromatic amines is 1. The molecule has 1 aliphatic heterocycles. The van der Waals surface area contributed by atoms with Crippen LogP contribution < -0.4 is 5.32 Å². The van der Waals surface area contributed by atoms with Crippen LogP contribution in [-0.2, 0) is 9.59 Å². The Balaban J connectivity index is 1.23. The molecule has 2 N–H and O–H groups in total. The zero-order valence-corrected chi connectivity index (χ0v) is 18.4. The van der Waals surface area contributed by atoms with Crippen LogP contribution in [0.3, 0.4) is 0 Å². The number of carbonyl (C=O) groups is 2. The monoisotopic (exact) mass is 446 g/mol. The molecule has 162 valence electrons. The van der Waals surface area contributed by atoms with Gasteiger partial charge in [0.15, 0.2) is 5.82 Å². The van der Waals surface area contributed by atoms with E-state index >= 15 is 0 Å². The van der Waals surface area contributed by atoms with Crippen molar-refractivity contribution >= 4 is 39.1 Å². The molecule has 2 aromatic carbocycles. The fraction of sp³-hybridized carbons (Fsp3) is 0.261. The van der Waals surface area contributed by atoms with Gasteiger partial charge in [0.1, 0.15) is 10.8 Å². The van der Waals surface area contributed by atoms with Crippen LogP contribution in [0.2, 0.25) is 0 Å². The average Bonchev–Trinajstić information content (AvgIpc) is 3.45. The number of fused-ring (bicyclic) bond motifs is 1. The van der Waals surface area contributed by atoms with Gasteiger partial charge in [0.25, 0.3) is 0 Å². The molecule has 9 heteroatoms. The van der Waals surface area contributed by atoms with Gasteiger partial charge < -0.3 is 10.2 Å². The lowest BCUT2D eigenvalue weighted by atomic mass is 9.96. The molecule has 8 nitrogen and oxygen atoms in total. The summed E-state index contributed by atoms with van der Waals surface area (Å²) in [5.41, 5.74) is 2.42. The number of hydrogen-bond acceptors (Lipinski definition) is 6. The standard InChI is InChI=1S/C23H22N6O2S/c1-14-24-20(28-27-14)15-9-11-29(12-10-15)23(31)21(30)25-17-6-4-5-16(13-17)22-26-18-7-2-3-8-19(18)32-22/h2-8,13,15H,9-12H2,1H3,(H,25,30)(H,24,27,28). The van der Waals surface area contributed by atoms with E-state index in [-0.39, 0.29) is 5.92 Å². The maximum atomic E-state index is 12.7. The highest BCUT2D eigenvalue weighted by Gasteiger charge is 2.29. The van der Waals surface area contributed by atoms with Crippen molar-refractivity contribution in [3.8, 4) is 10.6 Å². The van der Waals surface area contributed by atoms with Crippen LogP contribution in [0, 0.1) is 6.92 Å². The summed E-state index contributed by atoms with van der Waals surface area (Å²) >= 11 is 1.60. The largest absolute Gasteiger partial charge is 0.334 e. The van der Waals surface area contributed by atoms with Crippen molar-refractivity contribution in [2.75, 3.05) is 18.4 Å². The third kappa shape index (κ3) is 4.11. The van der Waals surface area contributed by atoms with Gasteiger partial charge in [-0.3, -0.25) is 14.7 Å². The van der Waals surface area contributed by atoms with Gasteiger partial charge >= 0.3 is 11.8 Å². The second-order valence-corrected chi connectivity index (χ2v) is 8.90. The van der Waals surface area contributed by atoms with Gasteiger partial charge in [-0.1, -0.05) is 24.3 Å². The number of nitrogens with zero attached hydrogens (tertiary/aromatic N) is 4. The third-order valence-corrected chi connectivity index (χ3v) is 6.70. The lowest BCUT2D eigenvalue weighted by molar-refractivity contribution is -0.143. The van der Waals surface area contributed by atoms with Crippen molar-refractivity contribution < 1.29 is 9.59 Å². The number of carbonyl (C=O) groups excluding carboxylic acids is 2. The molecular formula is C23H22N6O2S. The number of benzene rings is 2. The first-order valence-corrected chi connectivity index (χ1v) is 11.3. The fourth-order valence-electron chi connectivity index (χ4n) is 3.94. The van der Waals surface area contributed by atoms with Crippen molar-refractivity contribution in [2.45, 2.75) is 25.7 Å². The molecule has 1 fully saturated rings. The van der Waals surface area contributed by atoms with Crippen molar-refractivity contribution in [1.82, 2.24) is 25.1 Å². The van der Waals surface area contributed by atoms with Crippen LogP contribution >= 0.6 is 11.3 Å². The fourth-order valence-corrected chi connectivity index (χ4v) is 4.90. The molecule has 0 unspecified atom stereocenters. The second kappa shape index (κ2) is 8.51. The highest BCUT2D eigenvalue weighted by atomic mass is 32.1. The van der Waals surface area contributed by atoms with Crippen molar-refractivity contribution in [1.29, 1.82) is 0 Å². The van der Waals surface area contributed by atoms with E-state index in [9.17, 15) is 9.59 Å². The van der Waals surface area contributed by atoms with Gasteiger partial charge in [-0.2, -0.15) is 5.10 Å². The number of para-hydroxylation sites is 1. The summed E-state index contributed by atoms with van der Waals surface area (Å²) in [6.45, 7) is 2.89. The van der Waals surface area contributed by atoms with Gasteiger partial charge in [-0.15, -0.1) is 11.3 Å². The van der Waals surface area contributed by atoms with Gasteiger partial charge in [0.05, 0.1) is 10.2 Å². The number of hydrogen-bond donors (Lipinski definition) is 2. The van der Waals surface area contributed by atoms with Gasteiger partial charge in [0.2, 0.25) is 0 Å². The lowest BCUT2D eigenvalue weighted by Crippen LogP contribution is -2.44. The molecule has 2 amide bonds.